The Labute approximate surface area is 109 Å². The monoisotopic (exact) mass is 249 g/mol. The molecule has 1 saturated heterocycles. The maximum absolute atomic E-state index is 5.18. The number of benzene rings is 1. The van der Waals surface area contributed by atoms with Crippen molar-refractivity contribution in [3.8, 4) is 5.75 Å². The summed E-state index contributed by atoms with van der Waals surface area (Å²) in [5, 5.41) is 3.51. The van der Waals surface area contributed by atoms with Crippen molar-refractivity contribution < 1.29 is 4.74 Å². The van der Waals surface area contributed by atoms with Crippen LogP contribution in [-0.4, -0.2) is 19.8 Å². The maximum atomic E-state index is 5.18. The Bertz CT molecular complexity index is 366. The summed E-state index contributed by atoms with van der Waals surface area (Å²) in [6.45, 7) is 5.48. The van der Waals surface area contributed by atoms with Crippen LogP contribution in [0.4, 0.5) is 0 Å². The fourth-order valence-corrected chi connectivity index (χ4v) is 2.37. The molecule has 3 N–H and O–H groups in total. The highest BCUT2D eigenvalue weighted by Crippen LogP contribution is 2.28. The van der Waals surface area contributed by atoms with Gasteiger partial charge in [-0.25, -0.2) is 10.9 Å². The average Bonchev–Trinajstić information content (AvgIpc) is 2.78. The summed E-state index contributed by atoms with van der Waals surface area (Å²) in [7, 11) is 1.69. The van der Waals surface area contributed by atoms with E-state index in [0.717, 1.165) is 18.7 Å². The normalized spacial score (nSPS) is 27.4. The van der Waals surface area contributed by atoms with E-state index in [2.05, 4.69) is 42.1 Å². The molecule has 3 atom stereocenters. The smallest absolute Gasteiger partial charge is 0.118 e. The molecule has 1 aliphatic rings. The van der Waals surface area contributed by atoms with Crippen molar-refractivity contribution in [2.75, 3.05) is 13.7 Å². The molecule has 0 bridgehead atoms. The Morgan fingerprint density at radius 1 is 1.22 bits per heavy atom. The predicted octanol–water partition coefficient (Wildman–Crippen LogP) is 1.81. The van der Waals surface area contributed by atoms with Gasteiger partial charge in [-0.3, -0.25) is 0 Å². The van der Waals surface area contributed by atoms with Gasteiger partial charge in [0.05, 0.1) is 19.3 Å². The Morgan fingerprint density at radius 2 is 1.94 bits per heavy atom. The zero-order chi connectivity index (χ0) is 13.0. The van der Waals surface area contributed by atoms with E-state index in [1.54, 1.807) is 7.11 Å². The first-order chi connectivity index (χ1) is 8.76. The fraction of sp³-hybridized carbons (Fsp3) is 0.571. The van der Waals surface area contributed by atoms with Crippen LogP contribution < -0.4 is 20.9 Å². The van der Waals surface area contributed by atoms with Gasteiger partial charge in [0.1, 0.15) is 5.75 Å². The third kappa shape index (κ3) is 2.83. The van der Waals surface area contributed by atoms with E-state index >= 15 is 0 Å². The topological polar surface area (TPSA) is 45.3 Å². The van der Waals surface area contributed by atoms with Gasteiger partial charge in [-0.15, -0.1) is 0 Å². The quantitative estimate of drug-likeness (QED) is 0.745. The molecule has 0 radical (unpaired) electrons. The zero-order valence-corrected chi connectivity index (χ0v) is 11.4. The Kier molecular flexibility index (Phi) is 4.58. The highest BCUT2D eigenvalue weighted by atomic mass is 16.5. The van der Waals surface area contributed by atoms with Gasteiger partial charge in [0.25, 0.3) is 0 Å². The van der Waals surface area contributed by atoms with Crippen molar-refractivity contribution in [3.05, 3.63) is 29.8 Å². The molecule has 0 aromatic heterocycles. The Morgan fingerprint density at radius 3 is 2.56 bits per heavy atom. The molecule has 1 aliphatic heterocycles. The van der Waals surface area contributed by atoms with Gasteiger partial charge in [-0.2, -0.15) is 0 Å². The third-order valence-electron chi connectivity index (χ3n) is 3.54. The van der Waals surface area contributed by atoms with Crippen LogP contribution >= 0.6 is 0 Å². The number of methoxy groups -OCH3 is 1. The first-order valence-corrected chi connectivity index (χ1v) is 6.64. The summed E-state index contributed by atoms with van der Waals surface area (Å²) in [5.74, 6) is 1.41. The van der Waals surface area contributed by atoms with E-state index in [1.807, 2.05) is 12.1 Å². The minimum Gasteiger partial charge on any atom is -0.497 e. The lowest BCUT2D eigenvalue weighted by Crippen LogP contribution is -2.43. The fourth-order valence-electron chi connectivity index (χ4n) is 2.37. The van der Waals surface area contributed by atoms with Crippen molar-refractivity contribution in [2.24, 2.45) is 5.92 Å². The van der Waals surface area contributed by atoms with Crippen molar-refractivity contribution in [3.63, 3.8) is 0 Å². The van der Waals surface area contributed by atoms with Crippen LogP contribution in [0, 0.1) is 5.92 Å². The first-order valence-electron chi connectivity index (χ1n) is 6.64. The number of nitrogens with one attached hydrogen (secondary N) is 3. The van der Waals surface area contributed by atoms with E-state index < -0.39 is 0 Å². The molecule has 0 aliphatic carbocycles. The Hall–Kier alpha value is -1.10. The van der Waals surface area contributed by atoms with E-state index in [4.69, 9.17) is 4.74 Å². The van der Waals surface area contributed by atoms with Gasteiger partial charge >= 0.3 is 0 Å². The minimum absolute atomic E-state index is 0.331. The first kappa shape index (κ1) is 13.3. The lowest BCUT2D eigenvalue weighted by Gasteiger charge is -2.19. The molecular formula is C14H23N3O. The number of hydrazine groups is 1. The van der Waals surface area contributed by atoms with Gasteiger partial charge in [0.15, 0.2) is 0 Å². The SMILES string of the molecule is CCCNC1NNC(c2ccc(OC)cc2)C1C. The van der Waals surface area contributed by atoms with E-state index in [9.17, 15) is 0 Å². The van der Waals surface area contributed by atoms with Gasteiger partial charge in [0, 0.05) is 5.92 Å². The van der Waals surface area contributed by atoms with Gasteiger partial charge in [0.2, 0.25) is 0 Å². The average molecular weight is 249 g/mol. The summed E-state index contributed by atoms with van der Waals surface area (Å²) in [6.07, 6.45) is 1.48. The van der Waals surface area contributed by atoms with Gasteiger partial charge in [-0.05, 0) is 30.7 Å². The molecule has 0 amide bonds. The van der Waals surface area contributed by atoms with Crippen LogP contribution in [0.15, 0.2) is 24.3 Å². The van der Waals surface area contributed by atoms with Gasteiger partial charge in [-0.1, -0.05) is 26.0 Å². The van der Waals surface area contributed by atoms with Crippen molar-refractivity contribution in [1.29, 1.82) is 0 Å². The summed E-state index contributed by atoms with van der Waals surface area (Å²) < 4.78 is 5.18. The summed E-state index contributed by atoms with van der Waals surface area (Å²) in [4.78, 5) is 0. The molecule has 3 unspecified atom stereocenters. The second-order valence-corrected chi connectivity index (χ2v) is 4.83. The van der Waals surface area contributed by atoms with Crippen molar-refractivity contribution in [1.82, 2.24) is 16.2 Å². The molecule has 2 rings (SSSR count). The zero-order valence-electron chi connectivity index (χ0n) is 11.4. The standard InChI is InChI=1S/C14H23N3O/c1-4-9-15-14-10(2)13(16-17-14)11-5-7-12(18-3)8-6-11/h5-8,10,13-17H,4,9H2,1-3H3. The lowest BCUT2D eigenvalue weighted by molar-refractivity contribution is 0.383. The molecule has 1 heterocycles. The molecule has 18 heavy (non-hydrogen) atoms. The van der Waals surface area contributed by atoms with Crippen LogP contribution in [0.2, 0.25) is 0 Å². The van der Waals surface area contributed by atoms with E-state index in [1.165, 1.54) is 5.56 Å². The largest absolute Gasteiger partial charge is 0.497 e. The van der Waals surface area contributed by atoms with Crippen LogP contribution in [0.3, 0.4) is 0 Å². The van der Waals surface area contributed by atoms with E-state index in [0.29, 0.717) is 18.1 Å². The molecule has 1 fully saturated rings. The molecule has 100 valence electrons. The lowest BCUT2D eigenvalue weighted by atomic mass is 9.94. The van der Waals surface area contributed by atoms with Crippen LogP contribution in [0.25, 0.3) is 0 Å². The summed E-state index contributed by atoms with van der Waals surface area (Å²) in [6, 6.07) is 8.60. The van der Waals surface area contributed by atoms with Crippen LogP contribution in [0.1, 0.15) is 31.9 Å². The molecule has 4 nitrogen and oxygen atoms in total. The third-order valence-corrected chi connectivity index (χ3v) is 3.54. The highest BCUT2D eigenvalue weighted by Gasteiger charge is 2.32. The number of hydrogen-bond donors (Lipinski definition) is 3. The Balaban J connectivity index is 2.00. The van der Waals surface area contributed by atoms with Crippen LogP contribution in [0.5, 0.6) is 5.75 Å². The van der Waals surface area contributed by atoms with Crippen molar-refractivity contribution in [2.45, 2.75) is 32.5 Å². The second kappa shape index (κ2) is 6.18. The molecule has 0 saturated carbocycles. The maximum Gasteiger partial charge on any atom is 0.118 e. The molecular weight excluding hydrogens is 226 g/mol. The van der Waals surface area contributed by atoms with E-state index in [-0.39, 0.29) is 0 Å². The second-order valence-electron chi connectivity index (χ2n) is 4.83. The predicted molar refractivity (Wildman–Crippen MR) is 73.3 cm³/mol. The molecule has 0 spiro atoms. The summed E-state index contributed by atoms with van der Waals surface area (Å²) in [5.41, 5.74) is 7.98. The van der Waals surface area contributed by atoms with Gasteiger partial charge < -0.3 is 10.1 Å². The highest BCUT2D eigenvalue weighted by molar-refractivity contribution is 5.30. The number of rotatable bonds is 5. The number of ether oxygens (including phenoxy) is 1. The molecule has 4 heteroatoms. The van der Waals surface area contributed by atoms with Crippen molar-refractivity contribution >= 4 is 0 Å². The summed E-state index contributed by atoms with van der Waals surface area (Å²) >= 11 is 0. The minimum atomic E-state index is 0.331. The molecule has 1 aromatic carbocycles. The molecule has 1 aromatic rings. The van der Waals surface area contributed by atoms with Crippen LogP contribution in [-0.2, 0) is 0 Å². The number of hydrogen-bond acceptors (Lipinski definition) is 4.